The van der Waals surface area contributed by atoms with Crippen LogP contribution in [0.5, 0.6) is 0 Å². The van der Waals surface area contributed by atoms with Crippen molar-refractivity contribution in [1.29, 1.82) is 0 Å². The molecule has 0 aliphatic heterocycles. The zero-order valence-corrected chi connectivity index (χ0v) is 8.18. The van der Waals surface area contributed by atoms with Crippen LogP contribution >= 0.6 is 0 Å². The van der Waals surface area contributed by atoms with Crippen molar-refractivity contribution in [1.82, 2.24) is 5.43 Å². The summed E-state index contributed by atoms with van der Waals surface area (Å²) < 4.78 is 0. The van der Waals surface area contributed by atoms with Gasteiger partial charge in [0, 0.05) is 11.1 Å². The van der Waals surface area contributed by atoms with E-state index in [4.69, 9.17) is 5.73 Å². The molecule has 14 heavy (non-hydrogen) atoms. The Morgan fingerprint density at radius 2 is 2.21 bits per heavy atom. The van der Waals surface area contributed by atoms with E-state index in [-0.39, 0.29) is 5.41 Å². The quantitative estimate of drug-likeness (QED) is 0.481. The van der Waals surface area contributed by atoms with Crippen LogP contribution in [0.15, 0.2) is 17.3 Å². The van der Waals surface area contributed by atoms with Crippen molar-refractivity contribution < 1.29 is 4.79 Å². The van der Waals surface area contributed by atoms with Crippen molar-refractivity contribution >= 4 is 11.7 Å². The number of hydrogen-bond donors (Lipinski definition) is 2. The molecule has 2 aliphatic carbocycles. The van der Waals surface area contributed by atoms with Gasteiger partial charge in [-0.05, 0) is 32.1 Å². The van der Waals surface area contributed by atoms with Gasteiger partial charge in [0.2, 0.25) is 0 Å². The topological polar surface area (TPSA) is 67.5 Å². The number of urea groups is 1. The number of nitrogens with one attached hydrogen (secondary N) is 1. The Labute approximate surface area is 83.2 Å². The van der Waals surface area contributed by atoms with E-state index in [1.165, 1.54) is 5.57 Å². The Morgan fingerprint density at radius 1 is 1.50 bits per heavy atom. The number of nitrogens with two attached hydrogens (primary N) is 1. The average Bonchev–Trinajstić information content (AvgIpc) is 2.89. The average molecular weight is 193 g/mol. The lowest BCUT2D eigenvalue weighted by Crippen LogP contribution is -2.30. The molecular formula is C10H15N3O. The molecule has 0 radical (unpaired) electrons. The summed E-state index contributed by atoms with van der Waals surface area (Å²) in [5.41, 5.74) is 9.75. The Balaban J connectivity index is 2.14. The molecule has 2 fully saturated rings. The highest BCUT2D eigenvalue weighted by Crippen LogP contribution is 2.56. The van der Waals surface area contributed by atoms with E-state index in [1.807, 2.05) is 0 Å². The molecule has 2 aliphatic rings. The molecule has 3 N–H and O–H groups in total. The lowest BCUT2D eigenvalue weighted by atomic mass is 9.80. The molecule has 0 aromatic rings. The summed E-state index contributed by atoms with van der Waals surface area (Å²) in [5.74, 6) is 0. The summed E-state index contributed by atoms with van der Waals surface area (Å²) in [6.07, 6.45) is 5.39. The van der Waals surface area contributed by atoms with E-state index >= 15 is 0 Å². The maximum atomic E-state index is 10.5. The van der Waals surface area contributed by atoms with Gasteiger partial charge in [-0.15, -0.1) is 0 Å². The smallest absolute Gasteiger partial charge is 0.332 e. The molecule has 0 heterocycles. The lowest BCUT2D eigenvalue weighted by molar-refractivity contribution is 0.249. The molecule has 2 amide bonds. The van der Waals surface area contributed by atoms with E-state index in [2.05, 4.69) is 17.1 Å². The van der Waals surface area contributed by atoms with Crippen LogP contribution < -0.4 is 11.2 Å². The summed E-state index contributed by atoms with van der Waals surface area (Å²) in [7, 11) is 0. The van der Waals surface area contributed by atoms with Gasteiger partial charge in [-0.2, -0.15) is 5.10 Å². The Morgan fingerprint density at radius 3 is 2.79 bits per heavy atom. The number of amides is 2. The van der Waals surface area contributed by atoms with Crippen molar-refractivity contribution in [3.63, 3.8) is 0 Å². The number of carbonyl (C=O) groups is 1. The van der Waals surface area contributed by atoms with Crippen LogP contribution in [0.3, 0.4) is 0 Å². The molecule has 0 aromatic carbocycles. The van der Waals surface area contributed by atoms with Crippen molar-refractivity contribution in [3.8, 4) is 0 Å². The summed E-state index contributed by atoms with van der Waals surface area (Å²) >= 11 is 0. The molecule has 2 rings (SSSR count). The number of carbonyl (C=O) groups excluding carboxylic acids is 1. The largest absolute Gasteiger partial charge is 0.350 e. The van der Waals surface area contributed by atoms with Crippen molar-refractivity contribution in [3.05, 3.63) is 12.2 Å². The van der Waals surface area contributed by atoms with Gasteiger partial charge in [-0.25, -0.2) is 10.2 Å². The predicted molar refractivity (Wildman–Crippen MR) is 54.8 cm³/mol. The highest BCUT2D eigenvalue weighted by atomic mass is 16.2. The first-order valence-electron chi connectivity index (χ1n) is 4.96. The number of allylic oxidation sites excluding steroid dienone is 1. The van der Waals surface area contributed by atoms with Crippen LogP contribution in [0, 0.1) is 5.41 Å². The molecule has 0 saturated heterocycles. The summed E-state index contributed by atoms with van der Waals surface area (Å²) in [6.45, 7) is 4.08. The molecule has 0 atom stereocenters. The second-order valence-corrected chi connectivity index (χ2v) is 4.07. The Bertz CT molecular complexity index is 315. The standard InChI is InChI=1S/C10H15N3O/c1-7-3-2-4-8(10(7)5-6-10)12-13-9(11)14/h1-6H2,(H3,11,13,14)/b12-8+. The normalized spacial score (nSPS) is 26.6. The van der Waals surface area contributed by atoms with E-state index in [1.54, 1.807) is 0 Å². The first kappa shape index (κ1) is 9.24. The Kier molecular flexibility index (Phi) is 2.06. The lowest BCUT2D eigenvalue weighted by Gasteiger charge is -2.25. The SMILES string of the molecule is C=C1CCC/C(=N\NC(N)=O)C12CC2. The zero-order chi connectivity index (χ0) is 10.2. The molecule has 0 bridgehead atoms. The number of hydrazone groups is 1. The van der Waals surface area contributed by atoms with E-state index < -0.39 is 6.03 Å². The highest BCUT2D eigenvalue weighted by molar-refractivity contribution is 5.96. The third-order valence-corrected chi connectivity index (χ3v) is 3.17. The fourth-order valence-electron chi connectivity index (χ4n) is 2.20. The number of nitrogens with zero attached hydrogens (tertiary/aromatic N) is 1. The maximum Gasteiger partial charge on any atom is 0.332 e. The maximum absolute atomic E-state index is 10.5. The molecular weight excluding hydrogens is 178 g/mol. The van der Waals surface area contributed by atoms with Crippen molar-refractivity contribution in [2.24, 2.45) is 16.3 Å². The van der Waals surface area contributed by atoms with Crippen LogP contribution in [0.2, 0.25) is 0 Å². The third kappa shape index (κ3) is 1.41. The molecule has 0 aromatic heterocycles. The first-order valence-corrected chi connectivity index (χ1v) is 4.96. The van der Waals surface area contributed by atoms with Crippen LogP contribution in [-0.2, 0) is 0 Å². The summed E-state index contributed by atoms with van der Waals surface area (Å²) in [5, 5.41) is 4.08. The fourth-order valence-corrected chi connectivity index (χ4v) is 2.20. The van der Waals surface area contributed by atoms with Gasteiger partial charge in [0.15, 0.2) is 0 Å². The van der Waals surface area contributed by atoms with Gasteiger partial charge in [0.25, 0.3) is 0 Å². The van der Waals surface area contributed by atoms with Gasteiger partial charge < -0.3 is 5.73 Å². The molecule has 2 saturated carbocycles. The van der Waals surface area contributed by atoms with E-state index in [0.717, 1.165) is 37.8 Å². The minimum atomic E-state index is -0.593. The minimum absolute atomic E-state index is 0.126. The second kappa shape index (κ2) is 3.12. The van der Waals surface area contributed by atoms with Gasteiger partial charge in [0.05, 0.1) is 0 Å². The first-order chi connectivity index (χ1) is 6.65. The summed E-state index contributed by atoms with van der Waals surface area (Å²) in [6, 6.07) is -0.593. The summed E-state index contributed by atoms with van der Waals surface area (Å²) in [4.78, 5) is 10.5. The van der Waals surface area contributed by atoms with Gasteiger partial charge in [0.1, 0.15) is 0 Å². The van der Waals surface area contributed by atoms with E-state index in [0.29, 0.717) is 0 Å². The third-order valence-electron chi connectivity index (χ3n) is 3.17. The van der Waals surface area contributed by atoms with Crippen LogP contribution in [0.1, 0.15) is 32.1 Å². The number of rotatable bonds is 1. The molecule has 76 valence electrons. The predicted octanol–water partition coefficient (Wildman–Crippen LogP) is 1.53. The van der Waals surface area contributed by atoms with Crippen LogP contribution in [0.4, 0.5) is 4.79 Å². The number of primary amides is 1. The van der Waals surface area contributed by atoms with Crippen molar-refractivity contribution in [2.75, 3.05) is 0 Å². The van der Waals surface area contributed by atoms with Gasteiger partial charge >= 0.3 is 6.03 Å². The Hall–Kier alpha value is -1.32. The number of hydrogen-bond acceptors (Lipinski definition) is 2. The van der Waals surface area contributed by atoms with Crippen LogP contribution in [0.25, 0.3) is 0 Å². The van der Waals surface area contributed by atoms with Crippen LogP contribution in [-0.4, -0.2) is 11.7 Å². The molecule has 4 heteroatoms. The molecule has 4 nitrogen and oxygen atoms in total. The monoisotopic (exact) mass is 193 g/mol. The zero-order valence-electron chi connectivity index (χ0n) is 8.18. The molecule has 0 unspecified atom stereocenters. The van der Waals surface area contributed by atoms with E-state index in [9.17, 15) is 4.79 Å². The minimum Gasteiger partial charge on any atom is -0.350 e. The van der Waals surface area contributed by atoms with Gasteiger partial charge in [-0.1, -0.05) is 12.2 Å². The fraction of sp³-hybridized carbons (Fsp3) is 0.600. The van der Waals surface area contributed by atoms with Gasteiger partial charge in [-0.3, -0.25) is 0 Å². The molecule has 1 spiro atoms. The second-order valence-electron chi connectivity index (χ2n) is 4.07. The highest BCUT2D eigenvalue weighted by Gasteiger charge is 2.50. The van der Waals surface area contributed by atoms with Crippen molar-refractivity contribution in [2.45, 2.75) is 32.1 Å².